The second kappa shape index (κ2) is 3.31. The van der Waals surface area contributed by atoms with Gasteiger partial charge in [-0.2, -0.15) is 0 Å². The molecule has 1 aliphatic carbocycles. The zero-order valence-electron chi connectivity index (χ0n) is 9.26. The van der Waals surface area contributed by atoms with Gasteiger partial charge in [0.1, 0.15) is 5.67 Å². The fourth-order valence-electron chi connectivity index (χ4n) is 1.86. The number of rotatable bonds is 3. The van der Waals surface area contributed by atoms with Gasteiger partial charge in [0, 0.05) is 6.42 Å². The lowest BCUT2D eigenvalue weighted by Crippen LogP contribution is -2.16. The van der Waals surface area contributed by atoms with Crippen LogP contribution in [-0.2, 0) is 12.0 Å². The first-order valence-electron chi connectivity index (χ1n) is 5.40. The van der Waals surface area contributed by atoms with Gasteiger partial charge in [0.05, 0.1) is 5.60 Å². The Morgan fingerprint density at radius 1 is 1.40 bits per heavy atom. The van der Waals surface area contributed by atoms with Gasteiger partial charge in [-0.25, -0.2) is 4.39 Å². The summed E-state index contributed by atoms with van der Waals surface area (Å²) in [7, 11) is 0. The third-order valence-corrected chi connectivity index (χ3v) is 2.81. The summed E-state index contributed by atoms with van der Waals surface area (Å²) < 4.78 is 13.5. The van der Waals surface area contributed by atoms with E-state index >= 15 is 0 Å². The summed E-state index contributed by atoms with van der Waals surface area (Å²) in [6.07, 6.45) is 2.06. The van der Waals surface area contributed by atoms with E-state index in [9.17, 15) is 9.50 Å². The van der Waals surface area contributed by atoms with Gasteiger partial charge in [-0.3, -0.25) is 0 Å². The van der Waals surface area contributed by atoms with Crippen molar-refractivity contribution in [2.24, 2.45) is 0 Å². The standard InChI is InChI=1S/C13H17FO/c1-12(2,14)9-10-4-3-5-11(8-10)13(15)6-7-13/h3-5,8,15H,6-7,9H2,1-2H3. The molecule has 1 aromatic rings. The normalized spacial score (nSPS) is 18.9. The van der Waals surface area contributed by atoms with Gasteiger partial charge in [-0.1, -0.05) is 24.3 Å². The van der Waals surface area contributed by atoms with E-state index in [0.717, 1.165) is 24.0 Å². The van der Waals surface area contributed by atoms with Crippen LogP contribution >= 0.6 is 0 Å². The van der Waals surface area contributed by atoms with Crippen molar-refractivity contribution in [3.63, 3.8) is 0 Å². The van der Waals surface area contributed by atoms with Crippen LogP contribution in [0.25, 0.3) is 0 Å². The molecule has 15 heavy (non-hydrogen) atoms. The van der Waals surface area contributed by atoms with Crippen LogP contribution in [0.3, 0.4) is 0 Å². The first-order valence-corrected chi connectivity index (χ1v) is 5.40. The van der Waals surface area contributed by atoms with Gasteiger partial charge in [-0.15, -0.1) is 0 Å². The van der Waals surface area contributed by atoms with Crippen LogP contribution in [-0.4, -0.2) is 10.8 Å². The van der Waals surface area contributed by atoms with Gasteiger partial charge >= 0.3 is 0 Å². The van der Waals surface area contributed by atoms with E-state index in [1.807, 2.05) is 24.3 Å². The van der Waals surface area contributed by atoms with Crippen molar-refractivity contribution >= 4 is 0 Å². The van der Waals surface area contributed by atoms with Crippen LogP contribution in [0.1, 0.15) is 37.8 Å². The minimum Gasteiger partial charge on any atom is -0.385 e. The highest BCUT2D eigenvalue weighted by atomic mass is 19.1. The predicted octanol–water partition coefficient (Wildman–Crippen LogP) is 2.96. The van der Waals surface area contributed by atoms with Crippen molar-refractivity contribution in [2.75, 3.05) is 0 Å². The second-order valence-corrected chi connectivity index (χ2v) is 5.13. The summed E-state index contributed by atoms with van der Waals surface area (Å²) in [5.74, 6) is 0. The van der Waals surface area contributed by atoms with Crippen molar-refractivity contribution in [2.45, 2.75) is 44.4 Å². The Morgan fingerprint density at radius 3 is 2.60 bits per heavy atom. The maximum absolute atomic E-state index is 13.5. The minimum atomic E-state index is -1.19. The topological polar surface area (TPSA) is 20.2 Å². The molecular weight excluding hydrogens is 191 g/mol. The van der Waals surface area contributed by atoms with Crippen LogP contribution in [0.4, 0.5) is 4.39 Å². The average molecular weight is 208 g/mol. The summed E-state index contributed by atoms with van der Waals surface area (Å²) >= 11 is 0. The fourth-order valence-corrected chi connectivity index (χ4v) is 1.86. The Labute approximate surface area is 89.9 Å². The summed E-state index contributed by atoms with van der Waals surface area (Å²) in [5, 5.41) is 9.93. The monoisotopic (exact) mass is 208 g/mol. The van der Waals surface area contributed by atoms with Crippen molar-refractivity contribution in [3.8, 4) is 0 Å². The molecule has 0 bridgehead atoms. The van der Waals surface area contributed by atoms with Crippen LogP contribution in [0.15, 0.2) is 24.3 Å². The maximum atomic E-state index is 13.5. The molecular formula is C13H17FO. The minimum absolute atomic E-state index is 0.400. The number of alkyl halides is 1. The van der Waals surface area contributed by atoms with Gasteiger partial charge in [-0.05, 0) is 37.8 Å². The number of hydrogen-bond donors (Lipinski definition) is 1. The lowest BCUT2D eigenvalue weighted by atomic mass is 9.97. The molecule has 2 heteroatoms. The van der Waals surface area contributed by atoms with Crippen molar-refractivity contribution in [1.29, 1.82) is 0 Å². The van der Waals surface area contributed by atoms with Gasteiger partial charge in [0.2, 0.25) is 0 Å². The molecule has 0 radical (unpaired) electrons. The number of hydrogen-bond acceptors (Lipinski definition) is 1. The third kappa shape index (κ3) is 2.57. The molecule has 1 fully saturated rings. The molecule has 0 saturated heterocycles. The molecule has 1 N–H and O–H groups in total. The Morgan fingerprint density at radius 2 is 2.07 bits per heavy atom. The SMILES string of the molecule is CC(C)(F)Cc1cccc(C2(O)CC2)c1. The highest BCUT2D eigenvalue weighted by molar-refractivity contribution is 5.32. The predicted molar refractivity (Wildman–Crippen MR) is 58.5 cm³/mol. The van der Waals surface area contributed by atoms with E-state index in [4.69, 9.17) is 0 Å². The first-order chi connectivity index (χ1) is 6.89. The quantitative estimate of drug-likeness (QED) is 0.809. The number of halogens is 1. The van der Waals surface area contributed by atoms with Crippen molar-refractivity contribution in [3.05, 3.63) is 35.4 Å². The largest absolute Gasteiger partial charge is 0.385 e. The van der Waals surface area contributed by atoms with Gasteiger partial charge in [0.15, 0.2) is 0 Å². The van der Waals surface area contributed by atoms with Crippen LogP contribution in [0.5, 0.6) is 0 Å². The molecule has 0 heterocycles. The van der Waals surface area contributed by atoms with E-state index < -0.39 is 11.3 Å². The molecule has 2 rings (SSSR count). The summed E-state index contributed by atoms with van der Waals surface area (Å²) in [6, 6.07) is 7.65. The zero-order valence-corrected chi connectivity index (χ0v) is 9.26. The van der Waals surface area contributed by atoms with Crippen molar-refractivity contribution in [1.82, 2.24) is 0 Å². The van der Waals surface area contributed by atoms with Crippen molar-refractivity contribution < 1.29 is 9.50 Å². The van der Waals surface area contributed by atoms with Crippen LogP contribution in [0.2, 0.25) is 0 Å². The molecule has 0 unspecified atom stereocenters. The lowest BCUT2D eigenvalue weighted by Gasteiger charge is -2.15. The number of benzene rings is 1. The summed E-state index contributed by atoms with van der Waals surface area (Å²) in [5.41, 5.74) is 0.0888. The average Bonchev–Trinajstić information content (AvgIpc) is 2.82. The van der Waals surface area contributed by atoms with E-state index in [0.29, 0.717) is 6.42 Å². The number of aliphatic hydroxyl groups is 1. The molecule has 0 spiro atoms. The fraction of sp³-hybridized carbons (Fsp3) is 0.538. The van der Waals surface area contributed by atoms with E-state index in [1.165, 1.54) is 0 Å². The van der Waals surface area contributed by atoms with E-state index in [2.05, 4.69) is 0 Å². The smallest absolute Gasteiger partial charge is 0.109 e. The summed E-state index contributed by atoms with van der Waals surface area (Å²) in [6.45, 7) is 3.15. The second-order valence-electron chi connectivity index (χ2n) is 5.13. The Balaban J connectivity index is 2.20. The highest BCUT2D eigenvalue weighted by Gasteiger charge is 2.42. The zero-order chi connectivity index (χ0) is 11.1. The molecule has 1 saturated carbocycles. The molecule has 1 aliphatic rings. The van der Waals surface area contributed by atoms with E-state index in [1.54, 1.807) is 13.8 Å². The lowest BCUT2D eigenvalue weighted by molar-refractivity contribution is 0.151. The molecule has 1 aromatic carbocycles. The Hall–Kier alpha value is -0.890. The van der Waals surface area contributed by atoms with E-state index in [-0.39, 0.29) is 0 Å². The van der Waals surface area contributed by atoms with Gasteiger partial charge in [0.25, 0.3) is 0 Å². The Kier molecular flexibility index (Phi) is 2.34. The third-order valence-electron chi connectivity index (χ3n) is 2.81. The molecule has 0 atom stereocenters. The summed E-state index contributed by atoms with van der Waals surface area (Å²) in [4.78, 5) is 0. The molecule has 82 valence electrons. The molecule has 0 aliphatic heterocycles. The molecule has 1 nitrogen and oxygen atoms in total. The van der Waals surface area contributed by atoms with Crippen LogP contribution in [0, 0.1) is 0 Å². The highest BCUT2D eigenvalue weighted by Crippen LogP contribution is 2.45. The van der Waals surface area contributed by atoms with Gasteiger partial charge < -0.3 is 5.11 Å². The maximum Gasteiger partial charge on any atom is 0.109 e. The van der Waals surface area contributed by atoms with Crippen LogP contribution < -0.4 is 0 Å². The first kappa shape index (κ1) is 10.6. The Bertz CT molecular complexity index is 361. The molecule has 0 aromatic heterocycles. The molecule has 0 amide bonds.